The number of benzene rings is 2. The number of ether oxygens (including phenoxy) is 1. The average Bonchev–Trinajstić information content (AvgIpc) is 3.23. The van der Waals surface area contributed by atoms with Crippen molar-refractivity contribution in [2.45, 2.75) is 38.1 Å². The van der Waals surface area contributed by atoms with Crippen molar-refractivity contribution < 1.29 is 36.2 Å². The molecule has 0 aliphatic heterocycles. The van der Waals surface area contributed by atoms with E-state index in [1.165, 1.54) is 19.1 Å². The fourth-order valence-electron chi connectivity index (χ4n) is 3.38. The summed E-state index contributed by atoms with van der Waals surface area (Å²) in [6.45, 7) is 2.27. The van der Waals surface area contributed by atoms with Crippen molar-refractivity contribution in [2.24, 2.45) is 0 Å². The maximum absolute atomic E-state index is 13.2. The smallest absolute Gasteiger partial charge is 0.435 e. The number of rotatable bonds is 8. The van der Waals surface area contributed by atoms with Crippen LogP contribution in [0.4, 0.5) is 13.2 Å². The van der Waals surface area contributed by atoms with Gasteiger partial charge in [0.05, 0.1) is 29.6 Å². The number of aliphatic hydroxyl groups excluding tert-OH is 1. The topological polar surface area (TPSA) is 98.5 Å². The van der Waals surface area contributed by atoms with Crippen LogP contribution in [0.15, 0.2) is 53.4 Å². The molecule has 0 bridgehead atoms. The summed E-state index contributed by atoms with van der Waals surface area (Å²) in [6.07, 6.45) is -4.69. The molecule has 182 valence electrons. The summed E-state index contributed by atoms with van der Waals surface area (Å²) in [5.74, 6) is -0.847. The normalized spacial score (nSPS) is 12.1. The lowest BCUT2D eigenvalue weighted by atomic mass is 10.0. The van der Waals surface area contributed by atoms with Gasteiger partial charge < -0.3 is 9.84 Å². The Labute approximate surface area is 194 Å². The Hall–Kier alpha value is -3.18. The van der Waals surface area contributed by atoms with Gasteiger partial charge in [0.1, 0.15) is 6.54 Å². The quantitative estimate of drug-likeness (QED) is 0.472. The summed E-state index contributed by atoms with van der Waals surface area (Å²) in [5.41, 5.74) is 0.788. The van der Waals surface area contributed by atoms with Crippen LogP contribution in [0.3, 0.4) is 0 Å². The Bertz CT molecular complexity index is 1280. The highest BCUT2D eigenvalue weighted by Crippen LogP contribution is 2.33. The van der Waals surface area contributed by atoms with E-state index >= 15 is 0 Å². The van der Waals surface area contributed by atoms with Crippen molar-refractivity contribution in [3.63, 3.8) is 0 Å². The molecule has 34 heavy (non-hydrogen) atoms. The van der Waals surface area contributed by atoms with Gasteiger partial charge in [-0.1, -0.05) is 43.3 Å². The predicted molar refractivity (Wildman–Crippen MR) is 118 cm³/mol. The van der Waals surface area contributed by atoms with Crippen LogP contribution in [0.1, 0.15) is 25.1 Å². The summed E-state index contributed by atoms with van der Waals surface area (Å²) in [5, 5.41) is 13.0. The van der Waals surface area contributed by atoms with Gasteiger partial charge in [0.25, 0.3) is 0 Å². The molecule has 0 spiro atoms. The molecule has 0 saturated carbocycles. The second-order valence-corrected chi connectivity index (χ2v) is 9.58. The lowest BCUT2D eigenvalue weighted by Crippen LogP contribution is -2.16. The highest BCUT2D eigenvalue weighted by molar-refractivity contribution is 7.91. The molecule has 0 atom stereocenters. The van der Waals surface area contributed by atoms with Crippen molar-refractivity contribution in [1.82, 2.24) is 9.78 Å². The SMILES string of the molecule is CCOC(=O)Cn1nc(C(F)(F)F)cc1-c1ccc(-c2ccc(CO)c(S(=O)(=O)CC)c2)cc1. The number of hydrogen-bond donors (Lipinski definition) is 1. The third kappa shape index (κ3) is 5.48. The van der Waals surface area contributed by atoms with Crippen molar-refractivity contribution in [1.29, 1.82) is 0 Å². The fraction of sp³-hybridized carbons (Fsp3) is 0.304. The number of halogens is 3. The van der Waals surface area contributed by atoms with E-state index in [-0.39, 0.29) is 28.5 Å². The van der Waals surface area contributed by atoms with Crippen molar-refractivity contribution in [2.75, 3.05) is 12.4 Å². The molecule has 3 rings (SSSR count). The van der Waals surface area contributed by atoms with E-state index in [4.69, 9.17) is 4.74 Å². The van der Waals surface area contributed by atoms with E-state index in [0.717, 1.165) is 10.7 Å². The zero-order chi connectivity index (χ0) is 25.1. The predicted octanol–water partition coefficient (Wildman–Crippen LogP) is 4.08. The highest BCUT2D eigenvalue weighted by atomic mass is 32.2. The molecule has 11 heteroatoms. The molecule has 1 heterocycles. The first-order valence-electron chi connectivity index (χ1n) is 10.4. The molecule has 0 fully saturated rings. The summed E-state index contributed by atoms with van der Waals surface area (Å²) < 4.78 is 70.3. The standard InChI is InChI=1S/C23H23F3N2O5S/c1-3-33-22(30)13-28-19(12-21(27-28)23(24,25)26)16-7-5-15(6-8-16)17-9-10-18(14-29)20(11-17)34(31,32)4-2/h5-12,29H,3-4,13-14H2,1-2H3. The van der Waals surface area contributed by atoms with E-state index < -0.39 is 40.8 Å². The van der Waals surface area contributed by atoms with Crippen LogP contribution in [-0.2, 0) is 38.7 Å². The van der Waals surface area contributed by atoms with Crippen LogP contribution >= 0.6 is 0 Å². The minimum Gasteiger partial charge on any atom is -0.465 e. The van der Waals surface area contributed by atoms with Gasteiger partial charge in [0, 0.05) is 0 Å². The van der Waals surface area contributed by atoms with Gasteiger partial charge in [-0.3, -0.25) is 9.48 Å². The van der Waals surface area contributed by atoms with Crippen molar-refractivity contribution >= 4 is 15.8 Å². The number of esters is 1. The third-order valence-electron chi connectivity index (χ3n) is 5.12. The number of carbonyl (C=O) groups excluding carboxylic acids is 1. The number of alkyl halides is 3. The number of hydrogen-bond acceptors (Lipinski definition) is 6. The Kier molecular flexibility index (Phi) is 7.47. The van der Waals surface area contributed by atoms with Crippen LogP contribution in [0, 0.1) is 0 Å². The zero-order valence-electron chi connectivity index (χ0n) is 18.5. The van der Waals surface area contributed by atoms with Gasteiger partial charge in [-0.25, -0.2) is 8.42 Å². The Morgan fingerprint density at radius 3 is 2.21 bits per heavy atom. The zero-order valence-corrected chi connectivity index (χ0v) is 19.3. The van der Waals surface area contributed by atoms with Crippen LogP contribution in [-0.4, -0.2) is 41.6 Å². The maximum Gasteiger partial charge on any atom is 0.435 e. The van der Waals surface area contributed by atoms with Gasteiger partial charge in [-0.2, -0.15) is 18.3 Å². The molecule has 0 aliphatic rings. The largest absolute Gasteiger partial charge is 0.465 e. The molecule has 7 nitrogen and oxygen atoms in total. The number of aliphatic hydroxyl groups is 1. The Balaban J connectivity index is 2.01. The first-order chi connectivity index (χ1) is 16.0. The van der Waals surface area contributed by atoms with E-state index in [9.17, 15) is 31.5 Å². The summed E-state index contributed by atoms with van der Waals surface area (Å²) in [6, 6.07) is 11.9. The molecule has 0 unspecified atom stereocenters. The average molecular weight is 497 g/mol. The second-order valence-electron chi connectivity index (χ2n) is 7.34. The van der Waals surface area contributed by atoms with Gasteiger partial charge >= 0.3 is 12.1 Å². The van der Waals surface area contributed by atoms with E-state index in [1.807, 2.05) is 0 Å². The number of aromatic nitrogens is 2. The molecule has 0 saturated heterocycles. The highest BCUT2D eigenvalue weighted by Gasteiger charge is 2.35. The molecule has 0 aliphatic carbocycles. The first-order valence-corrected chi connectivity index (χ1v) is 12.0. The fourth-order valence-corrected chi connectivity index (χ4v) is 4.53. The minimum atomic E-state index is -4.69. The van der Waals surface area contributed by atoms with Crippen LogP contribution < -0.4 is 0 Å². The number of carbonyl (C=O) groups is 1. The lowest BCUT2D eigenvalue weighted by Gasteiger charge is -2.11. The molecule has 3 aromatic rings. The molecular formula is C23H23F3N2O5S. The molecule has 1 N–H and O–H groups in total. The molecule has 0 amide bonds. The number of sulfone groups is 1. The summed E-state index contributed by atoms with van der Waals surface area (Å²) in [4.78, 5) is 11.9. The van der Waals surface area contributed by atoms with Crippen LogP contribution in [0.2, 0.25) is 0 Å². The molecular weight excluding hydrogens is 473 g/mol. The minimum absolute atomic E-state index is 0.0291. The molecule has 2 aromatic carbocycles. The third-order valence-corrected chi connectivity index (χ3v) is 6.93. The van der Waals surface area contributed by atoms with Crippen molar-refractivity contribution in [3.05, 3.63) is 59.8 Å². The molecule has 1 aromatic heterocycles. The molecule has 0 radical (unpaired) electrons. The second kappa shape index (κ2) is 9.98. The Morgan fingerprint density at radius 1 is 1.03 bits per heavy atom. The number of nitrogens with zero attached hydrogens (tertiary/aromatic N) is 2. The Morgan fingerprint density at radius 2 is 1.65 bits per heavy atom. The van der Waals surface area contributed by atoms with Crippen LogP contribution in [0.25, 0.3) is 22.4 Å². The van der Waals surface area contributed by atoms with Gasteiger partial charge in [-0.15, -0.1) is 0 Å². The lowest BCUT2D eigenvalue weighted by molar-refractivity contribution is -0.146. The van der Waals surface area contributed by atoms with E-state index in [1.54, 1.807) is 37.3 Å². The van der Waals surface area contributed by atoms with Crippen molar-refractivity contribution in [3.8, 4) is 22.4 Å². The van der Waals surface area contributed by atoms with Crippen LogP contribution in [0.5, 0.6) is 0 Å². The van der Waals surface area contributed by atoms with Gasteiger partial charge in [-0.05, 0) is 41.3 Å². The summed E-state index contributed by atoms with van der Waals surface area (Å²) >= 11 is 0. The monoisotopic (exact) mass is 496 g/mol. The van der Waals surface area contributed by atoms with Gasteiger partial charge in [0.2, 0.25) is 0 Å². The van der Waals surface area contributed by atoms with E-state index in [0.29, 0.717) is 16.7 Å². The van der Waals surface area contributed by atoms with E-state index in [2.05, 4.69) is 5.10 Å². The maximum atomic E-state index is 13.2. The van der Waals surface area contributed by atoms with Gasteiger partial charge in [0.15, 0.2) is 15.5 Å². The summed E-state index contributed by atoms with van der Waals surface area (Å²) in [7, 11) is -3.58. The first kappa shape index (κ1) is 25.4.